The average Bonchev–Trinajstić information content (AvgIpc) is 3.09. The molecule has 0 spiro atoms. The lowest BCUT2D eigenvalue weighted by atomic mass is 10.1. The maximum atomic E-state index is 13.4. The number of aromatic nitrogens is 2. The molecule has 0 saturated heterocycles. The number of H-pyrrole nitrogens is 1. The Morgan fingerprint density at radius 2 is 2.07 bits per heavy atom. The van der Waals surface area contributed by atoms with Crippen molar-refractivity contribution in [3.05, 3.63) is 71.4 Å². The third-order valence-electron chi connectivity index (χ3n) is 3.94. The smallest absolute Gasteiger partial charge is 0.255 e. The molecule has 3 aromatic rings. The van der Waals surface area contributed by atoms with Crippen molar-refractivity contribution in [3.8, 4) is 5.75 Å². The van der Waals surface area contributed by atoms with Gasteiger partial charge >= 0.3 is 0 Å². The maximum absolute atomic E-state index is 13.4. The minimum Gasteiger partial charge on any atom is -0.495 e. The number of ether oxygens (including phenoxy) is 1. The van der Waals surface area contributed by atoms with Crippen LogP contribution in [-0.4, -0.2) is 29.8 Å². The Kier molecular flexibility index (Phi) is 5.30. The monoisotopic (exact) mass is 369 g/mol. The summed E-state index contributed by atoms with van der Waals surface area (Å²) in [6.45, 7) is 3.90. The van der Waals surface area contributed by atoms with E-state index in [9.17, 15) is 13.6 Å². The van der Waals surface area contributed by atoms with Crippen LogP contribution in [0.3, 0.4) is 0 Å². The van der Waals surface area contributed by atoms with Crippen LogP contribution in [0.25, 0.3) is 23.1 Å². The molecule has 1 heterocycles. The molecule has 1 aromatic heterocycles. The van der Waals surface area contributed by atoms with E-state index in [0.717, 1.165) is 12.1 Å². The Balaban J connectivity index is 2.03. The van der Waals surface area contributed by atoms with Crippen LogP contribution in [0.2, 0.25) is 0 Å². The van der Waals surface area contributed by atoms with Gasteiger partial charge in [0.2, 0.25) is 0 Å². The van der Waals surface area contributed by atoms with Crippen molar-refractivity contribution in [2.24, 2.45) is 0 Å². The molecule has 0 radical (unpaired) electrons. The van der Waals surface area contributed by atoms with Crippen molar-refractivity contribution < 1.29 is 18.3 Å². The van der Waals surface area contributed by atoms with E-state index in [0.29, 0.717) is 40.0 Å². The normalized spacial score (nSPS) is 11.1. The molecule has 0 unspecified atom stereocenters. The zero-order valence-corrected chi connectivity index (χ0v) is 14.6. The van der Waals surface area contributed by atoms with E-state index in [1.165, 1.54) is 13.2 Å². The highest BCUT2D eigenvalue weighted by Gasteiger charge is 2.18. The molecular formula is C20H17F2N3O2. The standard InChI is InChI=1S/C20H17F2N3O2/c1-3-10-23-20(26)13-6-9-17-18(19(13)27-2)16(24-25-17)8-5-12-4-7-14(21)15(22)11-12/h3-9,11H,1,10H2,2H3,(H,23,26)(H,24,25)/b8-5+. The summed E-state index contributed by atoms with van der Waals surface area (Å²) in [6.07, 6.45) is 4.85. The molecule has 1 amide bonds. The van der Waals surface area contributed by atoms with E-state index in [2.05, 4.69) is 22.1 Å². The lowest BCUT2D eigenvalue weighted by molar-refractivity contribution is 0.0955. The van der Waals surface area contributed by atoms with Crippen molar-refractivity contribution >= 4 is 29.0 Å². The Morgan fingerprint density at radius 3 is 2.78 bits per heavy atom. The number of methoxy groups -OCH3 is 1. The molecule has 0 fully saturated rings. The van der Waals surface area contributed by atoms with E-state index in [-0.39, 0.29) is 5.91 Å². The number of halogens is 2. The summed E-state index contributed by atoms with van der Waals surface area (Å²) < 4.78 is 31.9. The molecule has 0 atom stereocenters. The van der Waals surface area contributed by atoms with Gasteiger partial charge in [0.15, 0.2) is 11.6 Å². The van der Waals surface area contributed by atoms with Gasteiger partial charge in [0.1, 0.15) is 5.75 Å². The Bertz CT molecular complexity index is 1040. The summed E-state index contributed by atoms with van der Waals surface area (Å²) in [5, 5.41) is 10.4. The largest absolute Gasteiger partial charge is 0.495 e. The van der Waals surface area contributed by atoms with Gasteiger partial charge in [0, 0.05) is 6.54 Å². The number of aromatic amines is 1. The van der Waals surface area contributed by atoms with Crippen LogP contribution in [0.15, 0.2) is 43.0 Å². The Labute approximate surface area is 154 Å². The minimum absolute atomic E-state index is 0.301. The number of benzene rings is 2. The number of hydrogen-bond acceptors (Lipinski definition) is 3. The maximum Gasteiger partial charge on any atom is 0.255 e. The van der Waals surface area contributed by atoms with Crippen molar-refractivity contribution in [1.29, 1.82) is 0 Å². The highest BCUT2D eigenvalue weighted by Crippen LogP contribution is 2.32. The number of amides is 1. The highest BCUT2D eigenvalue weighted by atomic mass is 19.2. The molecule has 5 nitrogen and oxygen atoms in total. The Hall–Kier alpha value is -3.48. The number of carbonyl (C=O) groups excluding carboxylic acids is 1. The quantitative estimate of drug-likeness (QED) is 0.647. The molecule has 0 aliphatic rings. The van der Waals surface area contributed by atoms with Gasteiger partial charge in [-0.1, -0.05) is 18.2 Å². The Morgan fingerprint density at radius 1 is 1.26 bits per heavy atom. The van der Waals surface area contributed by atoms with Gasteiger partial charge in [-0.05, 0) is 35.9 Å². The van der Waals surface area contributed by atoms with E-state index in [4.69, 9.17) is 4.74 Å². The van der Waals surface area contributed by atoms with Gasteiger partial charge in [0.25, 0.3) is 5.91 Å². The average molecular weight is 369 g/mol. The van der Waals surface area contributed by atoms with Crippen LogP contribution in [0.4, 0.5) is 8.78 Å². The van der Waals surface area contributed by atoms with Crippen molar-refractivity contribution in [3.63, 3.8) is 0 Å². The first-order valence-electron chi connectivity index (χ1n) is 8.12. The highest BCUT2D eigenvalue weighted by molar-refractivity contribution is 6.05. The number of rotatable bonds is 6. The fraction of sp³-hybridized carbons (Fsp3) is 0.100. The zero-order valence-electron chi connectivity index (χ0n) is 14.6. The second kappa shape index (κ2) is 7.82. The third-order valence-corrected chi connectivity index (χ3v) is 3.94. The summed E-state index contributed by atoms with van der Waals surface area (Å²) in [6, 6.07) is 6.94. The fourth-order valence-electron chi connectivity index (χ4n) is 2.67. The number of hydrogen-bond donors (Lipinski definition) is 2. The second-order valence-corrected chi connectivity index (χ2v) is 5.68. The first kappa shape index (κ1) is 18.3. The molecule has 138 valence electrons. The number of nitrogens with one attached hydrogen (secondary N) is 2. The molecule has 3 rings (SSSR count). The summed E-state index contributed by atoms with van der Waals surface area (Å²) in [4.78, 5) is 12.3. The second-order valence-electron chi connectivity index (χ2n) is 5.68. The molecule has 2 N–H and O–H groups in total. The van der Waals surface area contributed by atoms with Crippen LogP contribution in [0.1, 0.15) is 21.6 Å². The summed E-state index contributed by atoms with van der Waals surface area (Å²) in [7, 11) is 1.47. The van der Waals surface area contributed by atoms with E-state index in [1.54, 1.807) is 30.4 Å². The topological polar surface area (TPSA) is 67.0 Å². The summed E-state index contributed by atoms with van der Waals surface area (Å²) >= 11 is 0. The van der Waals surface area contributed by atoms with Crippen molar-refractivity contribution in [1.82, 2.24) is 15.5 Å². The van der Waals surface area contributed by atoms with Crippen LogP contribution < -0.4 is 10.1 Å². The summed E-state index contributed by atoms with van der Waals surface area (Å²) in [5.74, 6) is -1.76. The zero-order chi connectivity index (χ0) is 19.4. The third kappa shape index (κ3) is 3.72. The first-order chi connectivity index (χ1) is 13.0. The van der Waals surface area contributed by atoms with Gasteiger partial charge < -0.3 is 10.1 Å². The molecular weight excluding hydrogens is 352 g/mol. The van der Waals surface area contributed by atoms with Crippen LogP contribution in [0.5, 0.6) is 5.75 Å². The SMILES string of the molecule is C=CCNC(=O)c1ccc2n[nH]c(/C=C/c3ccc(F)c(F)c3)c2c1OC. The van der Waals surface area contributed by atoms with Gasteiger partial charge in [-0.3, -0.25) is 9.89 Å². The van der Waals surface area contributed by atoms with Gasteiger partial charge in [-0.15, -0.1) is 6.58 Å². The minimum atomic E-state index is -0.926. The van der Waals surface area contributed by atoms with Gasteiger partial charge in [-0.25, -0.2) is 8.78 Å². The summed E-state index contributed by atoms with van der Waals surface area (Å²) in [5.41, 5.74) is 2.02. The lowest BCUT2D eigenvalue weighted by Crippen LogP contribution is -2.23. The predicted octanol–water partition coefficient (Wildman–Crippen LogP) is 3.94. The van der Waals surface area contributed by atoms with E-state index in [1.807, 2.05) is 0 Å². The van der Waals surface area contributed by atoms with Gasteiger partial charge in [-0.2, -0.15) is 5.10 Å². The molecule has 27 heavy (non-hydrogen) atoms. The van der Waals surface area contributed by atoms with Gasteiger partial charge in [0.05, 0.1) is 29.3 Å². The van der Waals surface area contributed by atoms with Crippen molar-refractivity contribution in [2.45, 2.75) is 0 Å². The number of carbonyl (C=O) groups is 1. The first-order valence-corrected chi connectivity index (χ1v) is 8.12. The predicted molar refractivity (Wildman–Crippen MR) is 100 cm³/mol. The molecule has 0 aliphatic carbocycles. The number of nitrogens with zero attached hydrogens (tertiary/aromatic N) is 1. The fourth-order valence-corrected chi connectivity index (χ4v) is 2.67. The van der Waals surface area contributed by atoms with Crippen LogP contribution in [0, 0.1) is 11.6 Å². The molecule has 2 aromatic carbocycles. The van der Waals surface area contributed by atoms with Crippen molar-refractivity contribution in [2.75, 3.05) is 13.7 Å². The van der Waals surface area contributed by atoms with E-state index >= 15 is 0 Å². The molecule has 0 bridgehead atoms. The lowest BCUT2D eigenvalue weighted by Gasteiger charge is -2.09. The van der Waals surface area contributed by atoms with Crippen LogP contribution >= 0.6 is 0 Å². The number of fused-ring (bicyclic) bond motifs is 1. The molecule has 0 saturated carbocycles. The van der Waals surface area contributed by atoms with E-state index < -0.39 is 11.6 Å². The molecule has 0 aliphatic heterocycles. The van der Waals surface area contributed by atoms with Crippen LogP contribution in [-0.2, 0) is 0 Å². The molecule has 7 heteroatoms.